The van der Waals surface area contributed by atoms with Crippen LogP contribution in [0, 0.1) is 0 Å². The molecule has 0 unspecified atom stereocenters. The summed E-state index contributed by atoms with van der Waals surface area (Å²) in [4.78, 5) is 12.8. The van der Waals surface area contributed by atoms with Gasteiger partial charge in [-0.2, -0.15) is 0 Å². The number of carbonyl (C=O) groups excluding carboxylic acids is 1. The van der Waals surface area contributed by atoms with E-state index < -0.39 is 0 Å². The van der Waals surface area contributed by atoms with Gasteiger partial charge in [-0.15, -0.1) is 0 Å². The Morgan fingerprint density at radius 2 is 1.54 bits per heavy atom. The van der Waals surface area contributed by atoms with Crippen LogP contribution in [0.1, 0.15) is 17.3 Å². The van der Waals surface area contributed by atoms with Crippen LogP contribution in [0.3, 0.4) is 0 Å². The van der Waals surface area contributed by atoms with E-state index in [-0.39, 0.29) is 5.91 Å². The summed E-state index contributed by atoms with van der Waals surface area (Å²) in [6.45, 7) is 3.06. The monoisotopic (exact) mass is 364 g/mol. The number of rotatable bonds is 3. The first kappa shape index (κ1) is 16.6. The third kappa shape index (κ3) is 2.64. The number of nitrogens with zero attached hydrogens (tertiary/aromatic N) is 1. The maximum Gasteiger partial charge on any atom is 0.255 e. The van der Waals surface area contributed by atoms with Crippen molar-refractivity contribution in [1.29, 1.82) is 0 Å². The Balaban J connectivity index is 1.54. The van der Waals surface area contributed by atoms with Crippen molar-refractivity contribution in [2.75, 3.05) is 5.32 Å². The Labute approximate surface area is 163 Å². The minimum atomic E-state index is -0.0932. The first-order chi connectivity index (χ1) is 13.7. The Kier molecular flexibility index (Phi) is 3.87. The lowest BCUT2D eigenvalue weighted by atomic mass is 10.1. The predicted octanol–water partition coefficient (Wildman–Crippen LogP) is 6.22. The lowest BCUT2D eigenvalue weighted by Crippen LogP contribution is -2.11. The molecule has 1 heterocycles. The molecule has 0 radical (unpaired) electrons. The van der Waals surface area contributed by atoms with E-state index in [4.69, 9.17) is 0 Å². The van der Waals surface area contributed by atoms with E-state index in [9.17, 15) is 4.79 Å². The minimum Gasteiger partial charge on any atom is -0.341 e. The first-order valence-corrected chi connectivity index (χ1v) is 9.56. The fourth-order valence-electron chi connectivity index (χ4n) is 4.01. The molecule has 28 heavy (non-hydrogen) atoms. The van der Waals surface area contributed by atoms with E-state index in [1.54, 1.807) is 0 Å². The number of fused-ring (bicyclic) bond motifs is 4. The van der Waals surface area contributed by atoms with Crippen molar-refractivity contribution in [2.24, 2.45) is 0 Å². The van der Waals surface area contributed by atoms with Crippen LogP contribution in [0.5, 0.6) is 0 Å². The molecule has 1 amide bonds. The van der Waals surface area contributed by atoms with Gasteiger partial charge in [-0.1, -0.05) is 48.5 Å². The average molecular weight is 364 g/mol. The molecular formula is C25H20N2O. The highest BCUT2D eigenvalue weighted by atomic mass is 16.1. The number of aryl methyl sites for hydroxylation is 1. The van der Waals surface area contributed by atoms with Crippen molar-refractivity contribution < 1.29 is 4.79 Å². The van der Waals surface area contributed by atoms with Gasteiger partial charge in [-0.25, -0.2) is 0 Å². The first-order valence-electron chi connectivity index (χ1n) is 9.56. The number of para-hydroxylation sites is 1. The quantitative estimate of drug-likeness (QED) is 0.405. The highest BCUT2D eigenvalue weighted by Gasteiger charge is 2.12. The maximum absolute atomic E-state index is 12.8. The Morgan fingerprint density at radius 3 is 2.39 bits per heavy atom. The zero-order valence-corrected chi connectivity index (χ0v) is 15.6. The molecule has 3 heteroatoms. The molecule has 1 N–H and O–H groups in total. The van der Waals surface area contributed by atoms with Crippen molar-refractivity contribution in [3.63, 3.8) is 0 Å². The van der Waals surface area contributed by atoms with E-state index in [0.717, 1.165) is 28.4 Å². The maximum atomic E-state index is 12.8. The van der Waals surface area contributed by atoms with Crippen LogP contribution in [-0.4, -0.2) is 10.5 Å². The van der Waals surface area contributed by atoms with Crippen molar-refractivity contribution in [3.05, 3.63) is 90.5 Å². The molecule has 5 rings (SSSR count). The fourth-order valence-corrected chi connectivity index (χ4v) is 4.01. The van der Waals surface area contributed by atoms with Crippen LogP contribution in [-0.2, 0) is 6.54 Å². The minimum absolute atomic E-state index is 0.0932. The molecule has 3 nitrogen and oxygen atoms in total. The van der Waals surface area contributed by atoms with Gasteiger partial charge in [0.15, 0.2) is 0 Å². The third-order valence-corrected chi connectivity index (χ3v) is 5.36. The molecule has 0 saturated carbocycles. The molecule has 0 saturated heterocycles. The van der Waals surface area contributed by atoms with Crippen molar-refractivity contribution in [2.45, 2.75) is 13.5 Å². The zero-order valence-electron chi connectivity index (χ0n) is 15.6. The predicted molar refractivity (Wildman–Crippen MR) is 117 cm³/mol. The zero-order chi connectivity index (χ0) is 19.1. The standard InChI is InChI=1S/C25H20N2O/c1-2-27-23-10-6-5-9-21(23)22-16-20(13-14-24(22)27)26-25(28)19-12-11-17-7-3-4-8-18(17)15-19/h3-16H,2H2,1H3,(H,26,28). The molecule has 1 aromatic heterocycles. The van der Waals surface area contributed by atoms with E-state index in [1.165, 1.54) is 16.4 Å². The van der Waals surface area contributed by atoms with E-state index >= 15 is 0 Å². The summed E-state index contributed by atoms with van der Waals surface area (Å²) in [5, 5.41) is 7.63. The third-order valence-electron chi connectivity index (χ3n) is 5.36. The van der Waals surface area contributed by atoms with Crippen molar-refractivity contribution >= 4 is 44.2 Å². The van der Waals surface area contributed by atoms with E-state index in [0.29, 0.717) is 5.56 Å². The molecule has 0 aliphatic carbocycles. The van der Waals surface area contributed by atoms with Crippen LogP contribution in [0.2, 0.25) is 0 Å². The van der Waals surface area contributed by atoms with Crippen molar-refractivity contribution in [3.8, 4) is 0 Å². The number of nitrogens with one attached hydrogen (secondary N) is 1. The molecule has 0 aliphatic heterocycles. The summed E-state index contributed by atoms with van der Waals surface area (Å²) >= 11 is 0. The van der Waals surface area contributed by atoms with Crippen LogP contribution in [0.15, 0.2) is 84.9 Å². The summed E-state index contributed by atoms with van der Waals surface area (Å²) in [5.41, 5.74) is 3.88. The van der Waals surface area contributed by atoms with Gasteiger partial charge in [0.05, 0.1) is 0 Å². The number of anilines is 1. The van der Waals surface area contributed by atoms with Gasteiger partial charge >= 0.3 is 0 Å². The molecule has 0 fully saturated rings. The number of hydrogen-bond acceptors (Lipinski definition) is 1. The largest absolute Gasteiger partial charge is 0.341 e. The molecular weight excluding hydrogens is 344 g/mol. The van der Waals surface area contributed by atoms with Gasteiger partial charge in [0.2, 0.25) is 0 Å². The molecule has 0 spiro atoms. The van der Waals surface area contributed by atoms with Gasteiger partial charge < -0.3 is 9.88 Å². The summed E-state index contributed by atoms with van der Waals surface area (Å²) in [7, 11) is 0. The number of amides is 1. The topological polar surface area (TPSA) is 34.0 Å². The summed E-state index contributed by atoms with van der Waals surface area (Å²) in [6.07, 6.45) is 0. The number of benzene rings is 4. The molecule has 5 aromatic rings. The molecule has 136 valence electrons. The highest BCUT2D eigenvalue weighted by molar-refractivity contribution is 6.11. The van der Waals surface area contributed by atoms with Gasteiger partial charge in [0.25, 0.3) is 5.91 Å². The van der Waals surface area contributed by atoms with Crippen LogP contribution < -0.4 is 5.32 Å². The van der Waals surface area contributed by atoms with Crippen LogP contribution >= 0.6 is 0 Å². The van der Waals surface area contributed by atoms with E-state index in [2.05, 4.69) is 59.3 Å². The lowest BCUT2D eigenvalue weighted by molar-refractivity contribution is 0.102. The van der Waals surface area contributed by atoms with Crippen LogP contribution in [0.4, 0.5) is 5.69 Å². The number of aromatic nitrogens is 1. The molecule has 0 bridgehead atoms. The molecule has 0 aliphatic rings. The molecule has 0 atom stereocenters. The number of carbonyl (C=O) groups is 1. The summed E-state index contributed by atoms with van der Waals surface area (Å²) in [6, 6.07) is 28.4. The van der Waals surface area contributed by atoms with Gasteiger partial charge in [-0.05, 0) is 54.1 Å². The number of hydrogen-bond donors (Lipinski definition) is 1. The van der Waals surface area contributed by atoms with Gasteiger partial charge in [0.1, 0.15) is 0 Å². The second-order valence-electron chi connectivity index (χ2n) is 7.01. The second-order valence-corrected chi connectivity index (χ2v) is 7.01. The lowest BCUT2D eigenvalue weighted by Gasteiger charge is -2.08. The van der Waals surface area contributed by atoms with Crippen LogP contribution in [0.25, 0.3) is 32.6 Å². The van der Waals surface area contributed by atoms with E-state index in [1.807, 2.05) is 42.5 Å². The fraction of sp³-hybridized carbons (Fsp3) is 0.0800. The molecule has 4 aromatic carbocycles. The van der Waals surface area contributed by atoms with Crippen molar-refractivity contribution in [1.82, 2.24) is 4.57 Å². The highest BCUT2D eigenvalue weighted by Crippen LogP contribution is 2.31. The summed E-state index contributed by atoms with van der Waals surface area (Å²) in [5.74, 6) is -0.0932. The Hall–Kier alpha value is -3.59. The normalized spacial score (nSPS) is 11.3. The average Bonchev–Trinajstić information content (AvgIpc) is 3.06. The SMILES string of the molecule is CCn1c2ccccc2c2cc(NC(=O)c3ccc4ccccc4c3)ccc21. The Morgan fingerprint density at radius 1 is 0.786 bits per heavy atom. The summed E-state index contributed by atoms with van der Waals surface area (Å²) < 4.78 is 2.31. The Bertz CT molecular complexity index is 1350. The van der Waals surface area contributed by atoms with Gasteiger partial charge in [0, 0.05) is 39.6 Å². The second kappa shape index (κ2) is 6.54. The van der Waals surface area contributed by atoms with Gasteiger partial charge in [-0.3, -0.25) is 4.79 Å². The smallest absolute Gasteiger partial charge is 0.255 e.